The smallest absolute Gasteiger partial charge is 0.104 e. The summed E-state index contributed by atoms with van der Waals surface area (Å²) in [6, 6.07) is 10.3. The summed E-state index contributed by atoms with van der Waals surface area (Å²) in [7, 11) is 0. The topological polar surface area (TPSA) is 53.8 Å². The second-order valence-electron chi connectivity index (χ2n) is 2.99. The molecule has 1 aromatic heterocycles. The number of hydrogen-bond donors (Lipinski definition) is 3. The number of aromatic amines is 1. The van der Waals surface area contributed by atoms with Crippen LogP contribution in [-0.4, -0.2) is 18.1 Å². The molecule has 68 valence electrons. The molecule has 0 saturated heterocycles. The fraction of sp³-hybridized carbons (Fsp3) is 0.200. The molecule has 0 unspecified atom stereocenters. The molecule has 1 heterocycles. The Morgan fingerprint density at radius 2 is 2.15 bits per heavy atom. The highest BCUT2D eigenvalue weighted by atomic mass is 15.0. The van der Waals surface area contributed by atoms with Crippen molar-refractivity contribution in [1.82, 2.24) is 4.98 Å². The number of anilines is 1. The van der Waals surface area contributed by atoms with Crippen molar-refractivity contribution >= 4 is 16.7 Å². The molecule has 0 aliphatic carbocycles. The molecule has 0 radical (unpaired) electrons. The first-order valence-electron chi connectivity index (χ1n) is 4.42. The predicted molar refractivity (Wildman–Crippen MR) is 55.8 cm³/mol. The van der Waals surface area contributed by atoms with Crippen LogP contribution in [-0.2, 0) is 0 Å². The first-order chi connectivity index (χ1) is 6.40. The average molecular weight is 175 g/mol. The van der Waals surface area contributed by atoms with Crippen LogP contribution in [0.1, 0.15) is 0 Å². The highest BCUT2D eigenvalue weighted by Gasteiger charge is 1.97. The lowest BCUT2D eigenvalue weighted by Gasteiger charge is -1.98. The molecule has 0 aliphatic rings. The lowest BCUT2D eigenvalue weighted by atomic mass is 10.2. The fourth-order valence-electron chi connectivity index (χ4n) is 1.38. The minimum Gasteiger partial charge on any atom is -0.370 e. The van der Waals surface area contributed by atoms with Gasteiger partial charge in [-0.2, -0.15) is 0 Å². The van der Waals surface area contributed by atoms with Crippen molar-refractivity contribution in [1.29, 1.82) is 0 Å². The number of nitrogens with one attached hydrogen (secondary N) is 2. The van der Waals surface area contributed by atoms with Crippen molar-refractivity contribution in [2.75, 3.05) is 18.4 Å². The Morgan fingerprint density at radius 3 is 2.92 bits per heavy atom. The maximum absolute atomic E-state index is 5.39. The van der Waals surface area contributed by atoms with Gasteiger partial charge in [0.1, 0.15) is 5.82 Å². The van der Waals surface area contributed by atoms with Crippen LogP contribution in [0.25, 0.3) is 10.9 Å². The van der Waals surface area contributed by atoms with E-state index in [4.69, 9.17) is 5.73 Å². The zero-order valence-corrected chi connectivity index (χ0v) is 7.38. The van der Waals surface area contributed by atoms with Crippen LogP contribution in [0.4, 0.5) is 5.82 Å². The van der Waals surface area contributed by atoms with Crippen molar-refractivity contribution in [3.63, 3.8) is 0 Å². The third-order valence-corrected chi connectivity index (χ3v) is 1.99. The van der Waals surface area contributed by atoms with Gasteiger partial charge in [0.05, 0.1) is 0 Å². The van der Waals surface area contributed by atoms with Crippen molar-refractivity contribution in [3.8, 4) is 0 Å². The molecule has 0 amide bonds. The van der Waals surface area contributed by atoms with Gasteiger partial charge < -0.3 is 16.0 Å². The summed E-state index contributed by atoms with van der Waals surface area (Å²) in [6.45, 7) is 1.45. The molecule has 3 nitrogen and oxygen atoms in total. The zero-order chi connectivity index (χ0) is 9.10. The second-order valence-corrected chi connectivity index (χ2v) is 2.99. The van der Waals surface area contributed by atoms with E-state index in [1.807, 2.05) is 12.1 Å². The molecule has 3 heteroatoms. The molecule has 4 N–H and O–H groups in total. The summed E-state index contributed by atoms with van der Waals surface area (Å²) in [6.07, 6.45) is 0. The molecule has 0 aliphatic heterocycles. The number of rotatable bonds is 3. The van der Waals surface area contributed by atoms with E-state index in [2.05, 4.69) is 28.5 Å². The van der Waals surface area contributed by atoms with E-state index < -0.39 is 0 Å². The molecular formula is C10H13N3. The molecule has 0 fully saturated rings. The third-order valence-electron chi connectivity index (χ3n) is 1.99. The normalized spacial score (nSPS) is 10.5. The number of nitrogens with two attached hydrogens (primary N) is 1. The highest BCUT2D eigenvalue weighted by Crippen LogP contribution is 2.17. The summed E-state index contributed by atoms with van der Waals surface area (Å²) < 4.78 is 0. The summed E-state index contributed by atoms with van der Waals surface area (Å²) in [5.74, 6) is 1.03. The molecule has 13 heavy (non-hydrogen) atoms. The van der Waals surface area contributed by atoms with E-state index in [0.717, 1.165) is 17.9 Å². The molecule has 0 bridgehead atoms. The number of aromatic nitrogens is 1. The number of H-pyrrole nitrogens is 1. The van der Waals surface area contributed by atoms with Gasteiger partial charge in [-0.15, -0.1) is 0 Å². The minimum absolute atomic E-state index is 0.648. The maximum Gasteiger partial charge on any atom is 0.104 e. The lowest BCUT2D eigenvalue weighted by Crippen LogP contribution is -2.13. The van der Waals surface area contributed by atoms with Crippen LogP contribution in [0.5, 0.6) is 0 Å². The lowest BCUT2D eigenvalue weighted by molar-refractivity contribution is 1.02. The number of benzene rings is 1. The van der Waals surface area contributed by atoms with E-state index in [-0.39, 0.29) is 0 Å². The molecule has 0 atom stereocenters. The van der Waals surface area contributed by atoms with Crippen molar-refractivity contribution < 1.29 is 0 Å². The maximum atomic E-state index is 5.39. The molecule has 0 spiro atoms. The van der Waals surface area contributed by atoms with Crippen molar-refractivity contribution in [2.45, 2.75) is 0 Å². The first-order valence-corrected chi connectivity index (χ1v) is 4.42. The number of fused-ring (bicyclic) bond motifs is 1. The van der Waals surface area contributed by atoms with Gasteiger partial charge >= 0.3 is 0 Å². The van der Waals surface area contributed by atoms with E-state index in [0.29, 0.717) is 6.54 Å². The molecule has 2 aromatic rings. The monoisotopic (exact) mass is 175 g/mol. The Labute approximate surface area is 76.9 Å². The molecule has 2 rings (SSSR count). The van der Waals surface area contributed by atoms with E-state index >= 15 is 0 Å². The second kappa shape index (κ2) is 3.49. The van der Waals surface area contributed by atoms with E-state index in [1.165, 1.54) is 5.39 Å². The Morgan fingerprint density at radius 1 is 1.31 bits per heavy atom. The van der Waals surface area contributed by atoms with Gasteiger partial charge in [0.15, 0.2) is 0 Å². The SMILES string of the molecule is NCCNc1cc2ccccc2[nH]1. The van der Waals surface area contributed by atoms with Crippen molar-refractivity contribution in [3.05, 3.63) is 30.3 Å². The van der Waals surface area contributed by atoms with E-state index in [9.17, 15) is 0 Å². The predicted octanol–water partition coefficient (Wildman–Crippen LogP) is 1.54. The summed E-state index contributed by atoms with van der Waals surface area (Å²) in [4.78, 5) is 3.26. The fourth-order valence-corrected chi connectivity index (χ4v) is 1.38. The van der Waals surface area contributed by atoms with Gasteiger partial charge in [-0.25, -0.2) is 0 Å². The van der Waals surface area contributed by atoms with Crippen LogP contribution >= 0.6 is 0 Å². The van der Waals surface area contributed by atoms with Gasteiger partial charge in [-0.1, -0.05) is 18.2 Å². The average Bonchev–Trinajstić information content (AvgIpc) is 2.57. The van der Waals surface area contributed by atoms with Crippen LogP contribution in [0.15, 0.2) is 30.3 Å². The van der Waals surface area contributed by atoms with Gasteiger partial charge in [-0.3, -0.25) is 0 Å². The molecule has 1 aromatic carbocycles. The standard InChI is InChI=1S/C10H13N3/c11-5-6-12-10-7-8-3-1-2-4-9(8)13-10/h1-4,7,12-13H,5-6,11H2. The van der Waals surface area contributed by atoms with Crippen molar-refractivity contribution in [2.24, 2.45) is 5.73 Å². The molecule has 0 saturated carbocycles. The third kappa shape index (κ3) is 1.65. The summed E-state index contributed by atoms with van der Waals surface area (Å²) in [5, 5.41) is 4.43. The quantitative estimate of drug-likeness (QED) is 0.662. The van der Waals surface area contributed by atoms with Crippen LogP contribution in [0.3, 0.4) is 0 Å². The Bertz CT molecular complexity index is 359. The van der Waals surface area contributed by atoms with E-state index in [1.54, 1.807) is 0 Å². The number of hydrogen-bond acceptors (Lipinski definition) is 2. The number of para-hydroxylation sites is 1. The van der Waals surface area contributed by atoms with Gasteiger partial charge in [-0.05, 0) is 12.1 Å². The highest BCUT2D eigenvalue weighted by molar-refractivity contribution is 5.83. The van der Waals surface area contributed by atoms with Gasteiger partial charge in [0, 0.05) is 24.0 Å². The van der Waals surface area contributed by atoms with Gasteiger partial charge in [0.2, 0.25) is 0 Å². The first kappa shape index (κ1) is 8.13. The summed E-state index contributed by atoms with van der Waals surface area (Å²) in [5.41, 5.74) is 6.55. The van der Waals surface area contributed by atoms with Crippen LogP contribution in [0.2, 0.25) is 0 Å². The minimum atomic E-state index is 0.648. The van der Waals surface area contributed by atoms with Crippen LogP contribution < -0.4 is 11.1 Å². The zero-order valence-electron chi connectivity index (χ0n) is 7.38. The Balaban J connectivity index is 2.28. The largest absolute Gasteiger partial charge is 0.370 e. The van der Waals surface area contributed by atoms with Crippen LogP contribution in [0, 0.1) is 0 Å². The summed E-state index contributed by atoms with van der Waals surface area (Å²) >= 11 is 0. The molecular weight excluding hydrogens is 162 g/mol. The Hall–Kier alpha value is -1.48. The van der Waals surface area contributed by atoms with Gasteiger partial charge in [0.25, 0.3) is 0 Å². The Kier molecular flexibility index (Phi) is 2.19.